The third-order valence-electron chi connectivity index (χ3n) is 2.55. The first-order chi connectivity index (χ1) is 8.75. The monoisotopic (exact) mass is 241 g/mol. The molecule has 0 aliphatic heterocycles. The van der Waals surface area contributed by atoms with E-state index in [9.17, 15) is 4.79 Å². The quantitative estimate of drug-likeness (QED) is 0.868. The van der Waals surface area contributed by atoms with Crippen molar-refractivity contribution in [3.8, 4) is 0 Å². The van der Waals surface area contributed by atoms with Crippen LogP contribution in [0.3, 0.4) is 0 Å². The van der Waals surface area contributed by atoms with Crippen LogP contribution in [0.2, 0.25) is 0 Å². The summed E-state index contributed by atoms with van der Waals surface area (Å²) < 4.78 is 0. The first-order valence-corrected chi connectivity index (χ1v) is 5.79. The van der Waals surface area contributed by atoms with Crippen LogP contribution in [-0.2, 0) is 0 Å². The highest BCUT2D eigenvalue weighted by Gasteiger charge is 2.08. The fraction of sp³-hybridized carbons (Fsp3) is 0.143. The molecular formula is C14H15N3O. The third-order valence-corrected chi connectivity index (χ3v) is 2.55. The number of nitrogens with one attached hydrogen (secondary N) is 2. The zero-order valence-corrected chi connectivity index (χ0v) is 10.1. The van der Waals surface area contributed by atoms with Gasteiger partial charge in [-0.1, -0.05) is 36.4 Å². The van der Waals surface area contributed by atoms with E-state index in [1.807, 2.05) is 43.3 Å². The summed E-state index contributed by atoms with van der Waals surface area (Å²) in [5.74, 6) is 0.537. The molecule has 0 saturated heterocycles. The average molecular weight is 241 g/mol. The number of nitrogens with zero attached hydrogens (tertiary/aromatic N) is 1. The summed E-state index contributed by atoms with van der Waals surface area (Å²) in [6.45, 7) is 1.94. The first-order valence-electron chi connectivity index (χ1n) is 5.79. The minimum atomic E-state index is -0.259. The minimum Gasteiger partial charge on any atom is -0.331 e. The third kappa shape index (κ3) is 3.31. The normalized spacial score (nSPS) is 11.6. The van der Waals surface area contributed by atoms with Crippen LogP contribution in [-0.4, -0.2) is 11.0 Å². The summed E-state index contributed by atoms with van der Waals surface area (Å²) in [6, 6.07) is 14.9. The van der Waals surface area contributed by atoms with Crippen LogP contribution in [0.1, 0.15) is 18.5 Å². The smallest absolute Gasteiger partial charge is 0.320 e. The predicted octanol–water partition coefficient (Wildman–Crippen LogP) is 2.96. The maximum atomic E-state index is 11.7. The molecule has 1 aromatic carbocycles. The second kappa shape index (κ2) is 5.82. The van der Waals surface area contributed by atoms with Gasteiger partial charge < -0.3 is 5.32 Å². The molecule has 1 heterocycles. The van der Waals surface area contributed by atoms with Gasteiger partial charge in [0, 0.05) is 6.20 Å². The summed E-state index contributed by atoms with van der Waals surface area (Å²) in [4.78, 5) is 15.8. The Morgan fingerprint density at radius 3 is 2.50 bits per heavy atom. The van der Waals surface area contributed by atoms with Gasteiger partial charge in [0.15, 0.2) is 0 Å². The van der Waals surface area contributed by atoms with Gasteiger partial charge in [-0.15, -0.1) is 0 Å². The van der Waals surface area contributed by atoms with Crippen molar-refractivity contribution < 1.29 is 4.79 Å². The summed E-state index contributed by atoms with van der Waals surface area (Å²) >= 11 is 0. The van der Waals surface area contributed by atoms with Crippen LogP contribution in [0.5, 0.6) is 0 Å². The number of carbonyl (C=O) groups is 1. The van der Waals surface area contributed by atoms with Gasteiger partial charge in [0.1, 0.15) is 5.82 Å². The number of benzene rings is 1. The lowest BCUT2D eigenvalue weighted by Crippen LogP contribution is -2.31. The molecule has 1 atom stereocenters. The number of hydrogen-bond donors (Lipinski definition) is 2. The van der Waals surface area contributed by atoms with Gasteiger partial charge in [-0.3, -0.25) is 5.32 Å². The van der Waals surface area contributed by atoms with E-state index in [-0.39, 0.29) is 12.1 Å². The number of carbonyl (C=O) groups excluding carboxylic acids is 1. The van der Waals surface area contributed by atoms with Crippen molar-refractivity contribution >= 4 is 11.8 Å². The second-order valence-corrected chi connectivity index (χ2v) is 3.95. The molecule has 0 aliphatic rings. The lowest BCUT2D eigenvalue weighted by atomic mass is 10.1. The molecule has 4 heteroatoms. The Kier molecular flexibility index (Phi) is 3.91. The lowest BCUT2D eigenvalue weighted by molar-refractivity contribution is 0.249. The number of urea groups is 1. The van der Waals surface area contributed by atoms with E-state index < -0.39 is 0 Å². The number of pyridine rings is 1. The van der Waals surface area contributed by atoms with Crippen LogP contribution < -0.4 is 10.6 Å². The van der Waals surface area contributed by atoms with E-state index >= 15 is 0 Å². The van der Waals surface area contributed by atoms with E-state index in [4.69, 9.17) is 0 Å². The molecule has 2 amide bonds. The molecule has 2 N–H and O–H groups in total. The molecule has 2 aromatic rings. The molecule has 0 radical (unpaired) electrons. The first kappa shape index (κ1) is 12.1. The predicted molar refractivity (Wildman–Crippen MR) is 71.2 cm³/mol. The van der Waals surface area contributed by atoms with Gasteiger partial charge in [-0.2, -0.15) is 0 Å². The summed E-state index contributed by atoms with van der Waals surface area (Å²) in [5, 5.41) is 5.54. The Morgan fingerprint density at radius 2 is 1.83 bits per heavy atom. The Bertz CT molecular complexity index is 499. The standard InChI is InChI=1S/C14H15N3O/c1-11(12-7-3-2-4-8-12)16-14(18)17-13-9-5-6-10-15-13/h2-11H,1H3,(H2,15,16,17,18). The highest BCUT2D eigenvalue weighted by molar-refractivity contribution is 5.88. The summed E-state index contributed by atoms with van der Waals surface area (Å²) in [6.07, 6.45) is 1.64. The number of aromatic nitrogens is 1. The van der Waals surface area contributed by atoms with Crippen LogP contribution in [0.4, 0.5) is 10.6 Å². The SMILES string of the molecule is CC(NC(=O)Nc1ccccn1)c1ccccc1. The van der Waals surface area contributed by atoms with Crippen LogP contribution in [0.15, 0.2) is 54.7 Å². The average Bonchev–Trinajstić information content (AvgIpc) is 2.40. The molecule has 4 nitrogen and oxygen atoms in total. The Balaban J connectivity index is 1.92. The number of hydrogen-bond acceptors (Lipinski definition) is 2. The maximum absolute atomic E-state index is 11.7. The Hall–Kier alpha value is -2.36. The molecule has 0 aliphatic carbocycles. The molecular weight excluding hydrogens is 226 g/mol. The molecule has 0 fully saturated rings. The fourth-order valence-electron chi connectivity index (χ4n) is 1.61. The Morgan fingerprint density at radius 1 is 1.11 bits per heavy atom. The molecule has 1 aromatic heterocycles. The lowest BCUT2D eigenvalue weighted by Gasteiger charge is -2.14. The van der Waals surface area contributed by atoms with Gasteiger partial charge in [0.05, 0.1) is 6.04 Å². The van der Waals surface area contributed by atoms with E-state index in [2.05, 4.69) is 15.6 Å². The molecule has 0 bridgehead atoms. The molecule has 0 saturated carbocycles. The number of rotatable bonds is 3. The van der Waals surface area contributed by atoms with Crippen molar-refractivity contribution in [2.75, 3.05) is 5.32 Å². The largest absolute Gasteiger partial charge is 0.331 e. The maximum Gasteiger partial charge on any atom is 0.320 e. The van der Waals surface area contributed by atoms with Crippen molar-refractivity contribution in [1.29, 1.82) is 0 Å². The zero-order chi connectivity index (χ0) is 12.8. The zero-order valence-electron chi connectivity index (χ0n) is 10.1. The topological polar surface area (TPSA) is 54.0 Å². The van der Waals surface area contributed by atoms with Gasteiger partial charge in [0.25, 0.3) is 0 Å². The molecule has 2 rings (SSSR count). The molecule has 1 unspecified atom stereocenters. The summed E-state index contributed by atoms with van der Waals surface area (Å²) in [5.41, 5.74) is 1.06. The molecule has 92 valence electrons. The van der Waals surface area contributed by atoms with Crippen LogP contribution in [0.25, 0.3) is 0 Å². The number of amides is 2. The van der Waals surface area contributed by atoms with E-state index in [1.165, 1.54) is 0 Å². The van der Waals surface area contributed by atoms with Gasteiger partial charge in [-0.05, 0) is 24.6 Å². The van der Waals surface area contributed by atoms with Crippen molar-refractivity contribution in [2.45, 2.75) is 13.0 Å². The highest BCUT2D eigenvalue weighted by Crippen LogP contribution is 2.11. The highest BCUT2D eigenvalue weighted by atomic mass is 16.2. The van der Waals surface area contributed by atoms with Crippen LogP contribution >= 0.6 is 0 Å². The summed E-state index contributed by atoms with van der Waals surface area (Å²) in [7, 11) is 0. The van der Waals surface area contributed by atoms with Crippen molar-refractivity contribution in [3.63, 3.8) is 0 Å². The second-order valence-electron chi connectivity index (χ2n) is 3.95. The van der Waals surface area contributed by atoms with Crippen molar-refractivity contribution in [3.05, 3.63) is 60.3 Å². The Labute approximate surface area is 106 Å². The number of anilines is 1. The molecule has 0 spiro atoms. The van der Waals surface area contributed by atoms with E-state index in [0.717, 1.165) is 5.56 Å². The van der Waals surface area contributed by atoms with Gasteiger partial charge in [0.2, 0.25) is 0 Å². The van der Waals surface area contributed by atoms with E-state index in [1.54, 1.807) is 18.3 Å². The van der Waals surface area contributed by atoms with Crippen molar-refractivity contribution in [1.82, 2.24) is 10.3 Å². The molecule has 18 heavy (non-hydrogen) atoms. The minimum absolute atomic E-state index is 0.0464. The van der Waals surface area contributed by atoms with Crippen LogP contribution in [0, 0.1) is 0 Å². The fourth-order valence-corrected chi connectivity index (χ4v) is 1.61. The van der Waals surface area contributed by atoms with Crippen molar-refractivity contribution in [2.24, 2.45) is 0 Å². The van der Waals surface area contributed by atoms with Gasteiger partial charge in [-0.25, -0.2) is 9.78 Å². The van der Waals surface area contributed by atoms with Gasteiger partial charge >= 0.3 is 6.03 Å². The van der Waals surface area contributed by atoms with E-state index in [0.29, 0.717) is 5.82 Å².